The van der Waals surface area contributed by atoms with Gasteiger partial charge >= 0.3 is 0 Å². The lowest BCUT2D eigenvalue weighted by atomic mass is 10.2. The van der Waals surface area contributed by atoms with Crippen molar-refractivity contribution in [2.45, 2.75) is 0 Å². The molecule has 1 aromatic carbocycles. The lowest BCUT2D eigenvalue weighted by molar-refractivity contribution is 0.802. The minimum Gasteiger partial charge on any atom is -0.296 e. The van der Waals surface area contributed by atoms with E-state index in [-0.39, 0.29) is 0 Å². The highest BCUT2D eigenvalue weighted by Crippen LogP contribution is 2.08. The molecule has 3 rings (SSSR count). The molecule has 0 atom stereocenters. The Kier molecular flexibility index (Phi) is 1.42. The van der Waals surface area contributed by atoms with Crippen molar-refractivity contribution in [3.05, 3.63) is 29.8 Å². The molecular formula is C9H8N6. The van der Waals surface area contributed by atoms with Gasteiger partial charge in [-0.05, 0) is 22.6 Å². The number of aryl methyl sites for hydroxylation is 1. The van der Waals surface area contributed by atoms with E-state index >= 15 is 0 Å². The van der Waals surface area contributed by atoms with E-state index in [1.54, 1.807) is 16.1 Å². The van der Waals surface area contributed by atoms with Crippen molar-refractivity contribution < 1.29 is 0 Å². The predicted octanol–water partition coefficient (Wildman–Crippen LogP) is 0.0955. The van der Waals surface area contributed by atoms with Crippen LogP contribution in [0.15, 0.2) is 24.3 Å². The fourth-order valence-electron chi connectivity index (χ4n) is 1.69. The third-order valence-corrected chi connectivity index (χ3v) is 2.48. The van der Waals surface area contributed by atoms with Gasteiger partial charge in [-0.3, -0.25) is 9.98 Å². The predicted molar refractivity (Wildman–Crippen MR) is 53.1 cm³/mol. The van der Waals surface area contributed by atoms with Gasteiger partial charge in [-0.2, -0.15) is 4.52 Å². The molecule has 15 heavy (non-hydrogen) atoms. The second-order valence-corrected chi connectivity index (χ2v) is 3.32. The molecule has 0 spiro atoms. The van der Waals surface area contributed by atoms with Gasteiger partial charge < -0.3 is 0 Å². The zero-order valence-electron chi connectivity index (χ0n) is 8.05. The van der Waals surface area contributed by atoms with Crippen LogP contribution in [0.5, 0.6) is 0 Å². The van der Waals surface area contributed by atoms with Gasteiger partial charge in [0.1, 0.15) is 5.49 Å². The fraction of sp³-hybridized carbons (Fsp3) is 0.111. The average molecular weight is 200 g/mol. The van der Waals surface area contributed by atoms with Crippen molar-refractivity contribution in [2.24, 2.45) is 7.05 Å². The summed E-state index contributed by atoms with van der Waals surface area (Å²) in [6.45, 7) is 0. The minimum absolute atomic E-state index is 0.410. The Morgan fingerprint density at radius 3 is 2.93 bits per heavy atom. The maximum Gasteiger partial charge on any atom is 0.255 e. The summed E-state index contributed by atoms with van der Waals surface area (Å²) in [5, 5.41) is 20.2. The van der Waals surface area contributed by atoms with Gasteiger partial charge in [-0.15, -0.1) is 0 Å². The Labute approximate surface area is 84.3 Å². The number of hydrogen-bond acceptors (Lipinski definition) is 4. The molecule has 1 N–H and O–H groups in total. The summed E-state index contributed by atoms with van der Waals surface area (Å²) in [6.07, 6.45) is 0. The van der Waals surface area contributed by atoms with E-state index in [9.17, 15) is 0 Å². The summed E-state index contributed by atoms with van der Waals surface area (Å²) in [7, 11) is 1.78. The molecule has 0 saturated carbocycles. The van der Waals surface area contributed by atoms with E-state index in [1.807, 2.05) is 24.3 Å². The Balaban J connectivity index is 2.77. The van der Waals surface area contributed by atoms with Crippen molar-refractivity contribution in [1.82, 2.24) is 24.6 Å². The Bertz CT molecular complexity index is 707. The number of hydrogen-bond donors (Lipinski definition) is 1. The largest absolute Gasteiger partial charge is 0.296 e. The van der Waals surface area contributed by atoms with Crippen LogP contribution < -0.4 is 5.49 Å². The SMILES string of the molecule is Cn1c(=N)c2ccccc2n2nnnc12. The first-order valence-electron chi connectivity index (χ1n) is 4.49. The van der Waals surface area contributed by atoms with Crippen LogP contribution in [0.25, 0.3) is 16.7 Å². The number of nitrogens with one attached hydrogen (secondary N) is 1. The van der Waals surface area contributed by atoms with Crippen LogP contribution in [0.3, 0.4) is 0 Å². The summed E-state index contributed by atoms with van der Waals surface area (Å²) < 4.78 is 3.29. The van der Waals surface area contributed by atoms with Gasteiger partial charge in [0, 0.05) is 12.4 Å². The van der Waals surface area contributed by atoms with Crippen molar-refractivity contribution in [3.8, 4) is 0 Å². The molecule has 0 saturated heterocycles. The standard InChI is InChI=1S/C9H8N6/c1-14-8(10)6-4-2-3-5-7(6)15-9(14)11-12-13-15/h2-5,10H,1H3. The summed E-state index contributed by atoms with van der Waals surface area (Å²) in [5.74, 6) is 0.568. The van der Waals surface area contributed by atoms with E-state index in [0.29, 0.717) is 11.3 Å². The monoisotopic (exact) mass is 200 g/mol. The molecule has 6 heteroatoms. The van der Waals surface area contributed by atoms with Crippen LogP contribution in [0.2, 0.25) is 0 Å². The number of nitrogens with zero attached hydrogens (tertiary/aromatic N) is 5. The van der Waals surface area contributed by atoms with E-state index < -0.39 is 0 Å². The van der Waals surface area contributed by atoms with Crippen LogP contribution in [0, 0.1) is 5.41 Å². The molecule has 6 nitrogen and oxygen atoms in total. The lowest BCUT2D eigenvalue weighted by Gasteiger charge is -2.04. The second-order valence-electron chi connectivity index (χ2n) is 3.32. The molecule has 0 aliphatic rings. The summed E-state index contributed by atoms with van der Waals surface area (Å²) in [4.78, 5) is 0. The quantitative estimate of drug-likeness (QED) is 0.559. The van der Waals surface area contributed by atoms with Gasteiger partial charge in [-0.1, -0.05) is 17.2 Å². The lowest BCUT2D eigenvalue weighted by Crippen LogP contribution is -2.20. The van der Waals surface area contributed by atoms with Crippen LogP contribution in [-0.4, -0.2) is 24.6 Å². The number of benzene rings is 1. The number of aromatic nitrogens is 5. The number of rotatable bonds is 0. The van der Waals surface area contributed by atoms with Gasteiger partial charge in [-0.25, -0.2) is 0 Å². The van der Waals surface area contributed by atoms with E-state index in [0.717, 1.165) is 10.9 Å². The third-order valence-electron chi connectivity index (χ3n) is 2.48. The first kappa shape index (κ1) is 8.10. The zero-order valence-corrected chi connectivity index (χ0v) is 8.05. The van der Waals surface area contributed by atoms with Gasteiger partial charge in [0.25, 0.3) is 5.78 Å². The molecule has 0 fully saturated rings. The Morgan fingerprint density at radius 1 is 1.27 bits per heavy atom. The number of tetrazole rings is 1. The maximum absolute atomic E-state index is 7.96. The normalized spacial score (nSPS) is 11.3. The molecule has 0 bridgehead atoms. The Hall–Kier alpha value is -2.24. The number of para-hydroxylation sites is 1. The molecule has 0 aliphatic carbocycles. The molecule has 0 amide bonds. The highest BCUT2D eigenvalue weighted by atomic mass is 15.5. The van der Waals surface area contributed by atoms with Crippen molar-refractivity contribution in [1.29, 1.82) is 5.41 Å². The fourth-order valence-corrected chi connectivity index (χ4v) is 1.69. The topological polar surface area (TPSA) is 71.9 Å². The molecule has 0 radical (unpaired) electrons. The highest BCUT2D eigenvalue weighted by molar-refractivity contribution is 5.79. The van der Waals surface area contributed by atoms with Gasteiger partial charge in [0.05, 0.1) is 5.52 Å². The van der Waals surface area contributed by atoms with Crippen molar-refractivity contribution in [3.63, 3.8) is 0 Å². The zero-order chi connectivity index (χ0) is 10.4. The average Bonchev–Trinajstić information content (AvgIpc) is 2.75. The first-order valence-corrected chi connectivity index (χ1v) is 4.49. The number of fused-ring (bicyclic) bond motifs is 3. The van der Waals surface area contributed by atoms with Gasteiger partial charge in [0.2, 0.25) is 0 Å². The molecule has 0 unspecified atom stereocenters. The summed E-state index contributed by atoms with van der Waals surface area (Å²) in [6, 6.07) is 7.59. The second kappa shape index (κ2) is 2.63. The maximum atomic E-state index is 7.96. The first-order chi connectivity index (χ1) is 7.29. The molecule has 74 valence electrons. The van der Waals surface area contributed by atoms with E-state index in [1.165, 1.54) is 0 Å². The van der Waals surface area contributed by atoms with Crippen LogP contribution in [0.1, 0.15) is 0 Å². The van der Waals surface area contributed by atoms with Crippen LogP contribution in [-0.2, 0) is 7.05 Å². The van der Waals surface area contributed by atoms with Crippen molar-refractivity contribution in [2.75, 3.05) is 0 Å². The molecule has 2 heterocycles. The van der Waals surface area contributed by atoms with Crippen molar-refractivity contribution >= 4 is 16.7 Å². The summed E-state index contributed by atoms with van der Waals surface area (Å²) in [5.41, 5.74) is 1.26. The molecular weight excluding hydrogens is 192 g/mol. The summed E-state index contributed by atoms with van der Waals surface area (Å²) >= 11 is 0. The molecule has 0 aliphatic heterocycles. The highest BCUT2D eigenvalue weighted by Gasteiger charge is 2.07. The minimum atomic E-state index is 0.410. The van der Waals surface area contributed by atoms with Crippen LogP contribution >= 0.6 is 0 Å². The van der Waals surface area contributed by atoms with Crippen LogP contribution in [0.4, 0.5) is 0 Å². The smallest absolute Gasteiger partial charge is 0.255 e. The molecule has 3 aromatic rings. The van der Waals surface area contributed by atoms with E-state index in [2.05, 4.69) is 15.5 Å². The van der Waals surface area contributed by atoms with Gasteiger partial charge in [0.15, 0.2) is 0 Å². The molecule has 2 aromatic heterocycles. The van der Waals surface area contributed by atoms with E-state index in [4.69, 9.17) is 5.41 Å². The third kappa shape index (κ3) is 0.927. The Morgan fingerprint density at radius 2 is 2.07 bits per heavy atom.